The van der Waals surface area contributed by atoms with Crippen LogP contribution in [0.2, 0.25) is 0 Å². The number of ether oxygens (including phenoxy) is 1. The van der Waals surface area contributed by atoms with Crippen molar-refractivity contribution in [2.45, 2.75) is 26.3 Å². The molecule has 33 heavy (non-hydrogen) atoms. The fourth-order valence-electron chi connectivity index (χ4n) is 3.71. The SMILES string of the molecule is CCOc1ccc(Nc2nc3cc(C(=O)O)ccc3n2Cc2ccccc2C(C)(F)F)cc1. The number of aromatic nitrogens is 2. The van der Waals surface area contributed by atoms with E-state index in [0.717, 1.165) is 18.4 Å². The number of anilines is 2. The third-order valence-corrected chi connectivity index (χ3v) is 5.24. The number of nitrogens with one attached hydrogen (secondary N) is 1. The predicted octanol–water partition coefficient (Wildman–Crippen LogP) is 6.04. The van der Waals surface area contributed by atoms with Gasteiger partial charge in [0, 0.05) is 18.2 Å². The van der Waals surface area contributed by atoms with Gasteiger partial charge in [-0.3, -0.25) is 0 Å². The third kappa shape index (κ3) is 4.79. The van der Waals surface area contributed by atoms with Crippen LogP contribution in [0.15, 0.2) is 66.7 Å². The Kier molecular flexibility index (Phi) is 6.00. The first-order valence-corrected chi connectivity index (χ1v) is 10.5. The highest BCUT2D eigenvalue weighted by molar-refractivity contribution is 5.93. The van der Waals surface area contributed by atoms with Crippen molar-refractivity contribution >= 4 is 28.6 Å². The maximum atomic E-state index is 14.2. The van der Waals surface area contributed by atoms with E-state index in [1.54, 1.807) is 28.8 Å². The van der Waals surface area contributed by atoms with Crippen LogP contribution in [-0.2, 0) is 12.5 Å². The number of hydrogen-bond acceptors (Lipinski definition) is 4. The van der Waals surface area contributed by atoms with Crippen LogP contribution in [0, 0.1) is 0 Å². The Hall–Kier alpha value is -3.94. The Morgan fingerprint density at radius 3 is 2.52 bits per heavy atom. The number of carbonyl (C=O) groups is 1. The summed E-state index contributed by atoms with van der Waals surface area (Å²) in [7, 11) is 0. The highest BCUT2D eigenvalue weighted by atomic mass is 19.3. The third-order valence-electron chi connectivity index (χ3n) is 5.24. The molecule has 4 aromatic rings. The van der Waals surface area contributed by atoms with Crippen molar-refractivity contribution in [3.05, 3.63) is 83.4 Å². The highest BCUT2D eigenvalue weighted by Crippen LogP contribution is 2.32. The van der Waals surface area contributed by atoms with Crippen LogP contribution in [0.4, 0.5) is 20.4 Å². The largest absolute Gasteiger partial charge is 0.494 e. The van der Waals surface area contributed by atoms with Crippen molar-refractivity contribution in [2.24, 2.45) is 0 Å². The molecule has 0 bridgehead atoms. The van der Waals surface area contributed by atoms with Gasteiger partial charge < -0.3 is 19.7 Å². The Morgan fingerprint density at radius 2 is 1.85 bits per heavy atom. The molecule has 0 atom stereocenters. The predicted molar refractivity (Wildman–Crippen MR) is 123 cm³/mol. The molecule has 8 heteroatoms. The van der Waals surface area contributed by atoms with Crippen LogP contribution in [0.25, 0.3) is 11.0 Å². The first-order chi connectivity index (χ1) is 15.8. The highest BCUT2D eigenvalue weighted by Gasteiger charge is 2.27. The van der Waals surface area contributed by atoms with Crippen LogP contribution < -0.4 is 10.1 Å². The molecular formula is C25H23F2N3O3. The number of halogens is 2. The van der Waals surface area contributed by atoms with Crippen molar-refractivity contribution in [2.75, 3.05) is 11.9 Å². The van der Waals surface area contributed by atoms with Gasteiger partial charge in [0.05, 0.1) is 29.7 Å². The van der Waals surface area contributed by atoms with Crippen molar-refractivity contribution in [1.82, 2.24) is 9.55 Å². The Morgan fingerprint density at radius 1 is 1.12 bits per heavy atom. The van der Waals surface area contributed by atoms with E-state index in [9.17, 15) is 18.7 Å². The average Bonchev–Trinajstić information content (AvgIpc) is 3.11. The summed E-state index contributed by atoms with van der Waals surface area (Å²) in [5.74, 6) is -2.94. The van der Waals surface area contributed by atoms with Gasteiger partial charge in [0.2, 0.25) is 5.95 Å². The lowest BCUT2D eigenvalue weighted by molar-refractivity contribution is 0.0164. The molecule has 6 nitrogen and oxygen atoms in total. The molecule has 3 aromatic carbocycles. The number of benzene rings is 3. The lowest BCUT2D eigenvalue weighted by Crippen LogP contribution is -2.14. The van der Waals surface area contributed by atoms with E-state index in [-0.39, 0.29) is 17.7 Å². The number of alkyl halides is 2. The summed E-state index contributed by atoms with van der Waals surface area (Å²) in [6, 6.07) is 18.2. The van der Waals surface area contributed by atoms with Crippen LogP contribution in [0.1, 0.15) is 35.3 Å². The number of nitrogens with zero attached hydrogens (tertiary/aromatic N) is 2. The minimum Gasteiger partial charge on any atom is -0.494 e. The summed E-state index contributed by atoms with van der Waals surface area (Å²) in [6.45, 7) is 3.45. The summed E-state index contributed by atoms with van der Waals surface area (Å²) >= 11 is 0. The lowest BCUT2D eigenvalue weighted by atomic mass is 10.0. The molecule has 0 aliphatic heterocycles. The number of rotatable bonds is 8. The normalized spacial score (nSPS) is 11.5. The van der Waals surface area contributed by atoms with E-state index in [1.165, 1.54) is 18.2 Å². The Balaban J connectivity index is 1.79. The van der Waals surface area contributed by atoms with Gasteiger partial charge in [-0.1, -0.05) is 24.3 Å². The number of imidazole rings is 1. The van der Waals surface area contributed by atoms with Crippen LogP contribution >= 0.6 is 0 Å². The fourth-order valence-corrected chi connectivity index (χ4v) is 3.71. The summed E-state index contributed by atoms with van der Waals surface area (Å²) in [5.41, 5.74) is 2.27. The van der Waals surface area contributed by atoms with Crippen LogP contribution in [-0.4, -0.2) is 27.2 Å². The molecule has 4 rings (SSSR count). The van der Waals surface area contributed by atoms with Crippen molar-refractivity contribution in [3.8, 4) is 5.75 Å². The van der Waals surface area contributed by atoms with E-state index in [1.807, 2.05) is 31.2 Å². The average molecular weight is 451 g/mol. The van der Waals surface area contributed by atoms with Crippen molar-refractivity contribution in [3.63, 3.8) is 0 Å². The van der Waals surface area contributed by atoms with E-state index < -0.39 is 11.9 Å². The quantitative estimate of drug-likeness (QED) is 0.342. The summed E-state index contributed by atoms with van der Waals surface area (Å²) in [4.78, 5) is 16.0. The van der Waals surface area contributed by atoms with E-state index >= 15 is 0 Å². The molecule has 0 aliphatic rings. The van der Waals surface area contributed by atoms with E-state index in [4.69, 9.17) is 4.74 Å². The van der Waals surface area contributed by atoms with Crippen LogP contribution in [0.3, 0.4) is 0 Å². The maximum Gasteiger partial charge on any atom is 0.335 e. The van der Waals surface area contributed by atoms with Gasteiger partial charge in [0.25, 0.3) is 5.92 Å². The second-order valence-corrected chi connectivity index (χ2v) is 7.66. The van der Waals surface area contributed by atoms with Gasteiger partial charge in [-0.15, -0.1) is 0 Å². The van der Waals surface area contributed by atoms with Gasteiger partial charge in [-0.2, -0.15) is 0 Å². The summed E-state index contributed by atoms with van der Waals surface area (Å²) in [6.07, 6.45) is 0. The molecule has 1 aromatic heterocycles. The van der Waals surface area contributed by atoms with E-state index in [0.29, 0.717) is 29.2 Å². The zero-order valence-electron chi connectivity index (χ0n) is 18.2. The number of carboxylic acid groups (broad SMARTS) is 1. The molecule has 0 radical (unpaired) electrons. The molecule has 0 aliphatic carbocycles. The summed E-state index contributed by atoms with van der Waals surface area (Å²) in [5, 5.41) is 12.6. The van der Waals surface area contributed by atoms with Gasteiger partial charge in [-0.05, 0) is 55.0 Å². The van der Waals surface area contributed by atoms with Gasteiger partial charge in [0.1, 0.15) is 5.75 Å². The molecule has 2 N–H and O–H groups in total. The molecule has 170 valence electrons. The lowest BCUT2D eigenvalue weighted by Gasteiger charge is -2.18. The monoisotopic (exact) mass is 451 g/mol. The number of fused-ring (bicyclic) bond motifs is 1. The maximum absolute atomic E-state index is 14.2. The first kappa shape index (κ1) is 22.3. The van der Waals surface area contributed by atoms with Gasteiger partial charge >= 0.3 is 5.97 Å². The van der Waals surface area contributed by atoms with Gasteiger partial charge in [0.15, 0.2) is 0 Å². The molecule has 0 unspecified atom stereocenters. The van der Waals surface area contributed by atoms with Crippen LogP contribution in [0.5, 0.6) is 5.75 Å². The molecule has 0 spiro atoms. The topological polar surface area (TPSA) is 76.4 Å². The molecule has 0 fully saturated rings. The summed E-state index contributed by atoms with van der Waals surface area (Å²) < 4.78 is 35.7. The minimum atomic E-state index is -3.01. The number of carboxylic acids is 1. The Bertz CT molecular complexity index is 1290. The molecule has 1 heterocycles. The second kappa shape index (κ2) is 8.90. The van der Waals surface area contributed by atoms with Crippen molar-refractivity contribution in [1.29, 1.82) is 0 Å². The zero-order valence-corrected chi connectivity index (χ0v) is 18.2. The fraction of sp³-hybridized carbons (Fsp3) is 0.200. The standard InChI is InChI=1S/C25H23F2N3O3/c1-3-33-19-11-9-18(10-12-19)28-24-29-21-14-16(23(31)32)8-13-22(21)30(24)15-17-6-4-5-7-20(17)25(2,26)27/h4-14H,3,15H2,1-2H3,(H,28,29)(H,31,32). The molecule has 0 amide bonds. The first-order valence-electron chi connectivity index (χ1n) is 10.5. The smallest absolute Gasteiger partial charge is 0.335 e. The second-order valence-electron chi connectivity index (χ2n) is 7.66. The van der Waals surface area contributed by atoms with Gasteiger partial charge in [-0.25, -0.2) is 18.6 Å². The number of aromatic carboxylic acids is 1. The Labute approximate surface area is 189 Å². The van der Waals surface area contributed by atoms with E-state index in [2.05, 4.69) is 10.3 Å². The molecule has 0 saturated carbocycles. The zero-order chi connectivity index (χ0) is 23.6. The minimum absolute atomic E-state index is 0.0685. The molecular weight excluding hydrogens is 428 g/mol. The molecule has 0 saturated heterocycles. The number of hydrogen-bond donors (Lipinski definition) is 2. The van der Waals surface area contributed by atoms with Crippen molar-refractivity contribution < 1.29 is 23.4 Å².